The van der Waals surface area contributed by atoms with E-state index in [1.807, 2.05) is 21.7 Å². The Kier molecular flexibility index (Phi) is 3.55. The molecule has 0 spiro atoms. The lowest BCUT2D eigenvalue weighted by molar-refractivity contribution is 0.866. The van der Waals surface area contributed by atoms with Crippen LogP contribution in [0.5, 0.6) is 0 Å². The number of nitrogen functional groups attached to an aromatic ring is 1. The second kappa shape index (κ2) is 5.12. The third-order valence-corrected chi connectivity index (χ3v) is 2.70. The Bertz CT molecular complexity index is 550. The minimum absolute atomic E-state index is 0.234. The summed E-state index contributed by atoms with van der Waals surface area (Å²) in [5.41, 5.74) is 10.6. The van der Waals surface area contributed by atoms with Gasteiger partial charge in [-0.2, -0.15) is 0 Å². The lowest BCUT2D eigenvalue weighted by Crippen LogP contribution is -2.08. The van der Waals surface area contributed by atoms with Crippen LogP contribution in [0.1, 0.15) is 28.3 Å². The Morgan fingerprint density at radius 2 is 1.72 bits per heavy atom. The fraction of sp³-hybridized carbons (Fsp3) is 0.333. The largest absolute Gasteiger partial charge is 0.366 e. The highest BCUT2D eigenvalue weighted by Gasteiger charge is 2.08. The molecule has 2 rings (SSSR count). The number of hydrogen-bond donors (Lipinski definition) is 1. The molecule has 0 bridgehead atoms. The van der Waals surface area contributed by atoms with Crippen LogP contribution < -0.4 is 5.73 Å². The maximum atomic E-state index is 5.55. The van der Waals surface area contributed by atoms with Crippen molar-refractivity contribution in [2.75, 3.05) is 5.73 Å². The monoisotopic (exact) mass is 241 g/mol. The summed E-state index contributed by atoms with van der Waals surface area (Å²) in [6, 6.07) is 4.12. The molecule has 0 aliphatic rings. The van der Waals surface area contributed by atoms with Crippen LogP contribution in [0.25, 0.3) is 0 Å². The molecule has 0 aromatic carbocycles. The summed E-state index contributed by atoms with van der Waals surface area (Å²) in [4.78, 5) is 8.58. The SMILES string of the molecule is BCc1nc(N)nnc1Cc1cc(C)nc(C)c1. The van der Waals surface area contributed by atoms with Crippen LogP contribution >= 0.6 is 0 Å². The van der Waals surface area contributed by atoms with Gasteiger partial charge in [0.2, 0.25) is 5.95 Å². The number of aryl methyl sites for hydroxylation is 2. The van der Waals surface area contributed by atoms with E-state index in [2.05, 4.69) is 32.3 Å². The highest BCUT2D eigenvalue weighted by atomic mass is 15.2. The maximum Gasteiger partial charge on any atom is 0.240 e. The average molecular weight is 241 g/mol. The standard InChI is InChI=1S/C12H16BN5/c1-7-3-9(4-8(2)15-7)5-10-11(6-13)16-12(14)18-17-10/h3-4H,5-6,13H2,1-2H3,(H2,14,16,18). The van der Waals surface area contributed by atoms with Crippen molar-refractivity contribution in [2.45, 2.75) is 26.6 Å². The zero-order valence-corrected chi connectivity index (χ0v) is 10.9. The Morgan fingerprint density at radius 3 is 2.33 bits per heavy atom. The first-order valence-corrected chi connectivity index (χ1v) is 6.00. The van der Waals surface area contributed by atoms with Crippen molar-refractivity contribution < 1.29 is 0 Å². The van der Waals surface area contributed by atoms with E-state index in [0.29, 0.717) is 6.42 Å². The van der Waals surface area contributed by atoms with Crippen LogP contribution in [0.4, 0.5) is 5.95 Å². The van der Waals surface area contributed by atoms with Crippen molar-refractivity contribution in [3.05, 3.63) is 40.5 Å². The third-order valence-electron chi connectivity index (χ3n) is 2.70. The van der Waals surface area contributed by atoms with Crippen molar-refractivity contribution in [2.24, 2.45) is 0 Å². The molecule has 2 N–H and O–H groups in total. The maximum absolute atomic E-state index is 5.55. The minimum Gasteiger partial charge on any atom is -0.366 e. The van der Waals surface area contributed by atoms with Gasteiger partial charge < -0.3 is 5.73 Å². The number of hydrogen-bond acceptors (Lipinski definition) is 5. The van der Waals surface area contributed by atoms with Gasteiger partial charge in [0.15, 0.2) is 0 Å². The van der Waals surface area contributed by atoms with Gasteiger partial charge >= 0.3 is 0 Å². The Labute approximate surface area is 107 Å². The van der Waals surface area contributed by atoms with Gasteiger partial charge in [0, 0.05) is 17.8 Å². The van der Waals surface area contributed by atoms with E-state index in [9.17, 15) is 0 Å². The van der Waals surface area contributed by atoms with Gasteiger partial charge in [-0.3, -0.25) is 4.98 Å². The molecular formula is C12H16BN5. The van der Waals surface area contributed by atoms with E-state index < -0.39 is 0 Å². The summed E-state index contributed by atoms with van der Waals surface area (Å²) in [7, 11) is 2.04. The van der Waals surface area contributed by atoms with E-state index in [-0.39, 0.29) is 5.95 Å². The summed E-state index contributed by atoms with van der Waals surface area (Å²) in [5.74, 6) is 0.234. The number of nitrogens with zero attached hydrogens (tertiary/aromatic N) is 4. The predicted octanol–water partition coefficient (Wildman–Crippen LogP) is 0.190. The molecule has 0 unspecified atom stereocenters. The van der Waals surface area contributed by atoms with Crippen molar-refractivity contribution >= 4 is 13.8 Å². The predicted molar refractivity (Wildman–Crippen MR) is 73.0 cm³/mol. The van der Waals surface area contributed by atoms with Gasteiger partial charge in [0.1, 0.15) is 7.85 Å². The van der Waals surface area contributed by atoms with E-state index in [1.54, 1.807) is 0 Å². The van der Waals surface area contributed by atoms with Crippen molar-refractivity contribution in [1.29, 1.82) is 0 Å². The molecule has 2 aromatic heterocycles. The van der Waals surface area contributed by atoms with E-state index in [0.717, 1.165) is 29.1 Å². The Morgan fingerprint density at radius 1 is 1.06 bits per heavy atom. The second-order valence-corrected chi connectivity index (χ2v) is 4.35. The highest BCUT2D eigenvalue weighted by Crippen LogP contribution is 2.12. The summed E-state index contributed by atoms with van der Waals surface area (Å²) in [5, 5.41) is 7.98. The molecular weight excluding hydrogens is 225 g/mol. The lowest BCUT2D eigenvalue weighted by atomic mass is 9.97. The highest BCUT2D eigenvalue weighted by molar-refractivity contribution is 6.08. The number of anilines is 1. The first-order chi connectivity index (χ1) is 8.58. The van der Waals surface area contributed by atoms with Gasteiger partial charge in [0.25, 0.3) is 0 Å². The molecule has 0 saturated carbocycles. The van der Waals surface area contributed by atoms with Gasteiger partial charge in [-0.25, -0.2) is 4.98 Å². The molecule has 0 fully saturated rings. The quantitative estimate of drug-likeness (QED) is 0.776. The molecule has 0 saturated heterocycles. The number of nitrogens with two attached hydrogens (primary N) is 1. The van der Waals surface area contributed by atoms with E-state index in [4.69, 9.17) is 5.73 Å². The fourth-order valence-corrected chi connectivity index (χ4v) is 2.03. The molecule has 0 amide bonds. The van der Waals surface area contributed by atoms with Crippen LogP contribution in [-0.4, -0.2) is 28.0 Å². The normalized spacial score (nSPS) is 10.6. The van der Waals surface area contributed by atoms with Crippen molar-refractivity contribution in [3.63, 3.8) is 0 Å². The summed E-state index contributed by atoms with van der Waals surface area (Å²) in [6.45, 7) is 3.98. The molecule has 2 aromatic rings. The fourth-order valence-electron chi connectivity index (χ4n) is 2.03. The van der Waals surface area contributed by atoms with Gasteiger partial charge in [0.05, 0.1) is 11.4 Å². The van der Waals surface area contributed by atoms with Gasteiger partial charge in [-0.1, -0.05) is 0 Å². The van der Waals surface area contributed by atoms with Crippen LogP contribution in [0, 0.1) is 13.8 Å². The molecule has 2 heterocycles. The van der Waals surface area contributed by atoms with Crippen LogP contribution in [-0.2, 0) is 12.7 Å². The average Bonchev–Trinajstić information content (AvgIpc) is 2.30. The lowest BCUT2D eigenvalue weighted by Gasteiger charge is -2.07. The van der Waals surface area contributed by atoms with Crippen LogP contribution in [0.15, 0.2) is 12.1 Å². The first-order valence-electron chi connectivity index (χ1n) is 6.00. The van der Waals surface area contributed by atoms with Crippen LogP contribution in [0.3, 0.4) is 0 Å². The molecule has 6 heteroatoms. The molecule has 0 radical (unpaired) electrons. The Balaban J connectivity index is 2.33. The number of pyridine rings is 1. The Hall–Kier alpha value is -1.98. The number of aromatic nitrogens is 4. The molecule has 0 atom stereocenters. The molecule has 0 aliphatic heterocycles. The first kappa shape index (κ1) is 12.5. The summed E-state index contributed by atoms with van der Waals surface area (Å²) < 4.78 is 0. The summed E-state index contributed by atoms with van der Waals surface area (Å²) >= 11 is 0. The smallest absolute Gasteiger partial charge is 0.240 e. The van der Waals surface area contributed by atoms with Gasteiger partial charge in [-0.15, -0.1) is 10.2 Å². The van der Waals surface area contributed by atoms with E-state index >= 15 is 0 Å². The number of rotatable bonds is 3. The molecule has 5 nitrogen and oxygen atoms in total. The zero-order chi connectivity index (χ0) is 13.1. The third kappa shape index (κ3) is 2.82. The minimum atomic E-state index is 0.234. The molecule has 18 heavy (non-hydrogen) atoms. The topological polar surface area (TPSA) is 77.6 Å². The van der Waals surface area contributed by atoms with Crippen LogP contribution in [0.2, 0.25) is 0 Å². The van der Waals surface area contributed by atoms with Gasteiger partial charge in [-0.05, 0) is 37.9 Å². The van der Waals surface area contributed by atoms with Crippen molar-refractivity contribution in [1.82, 2.24) is 20.2 Å². The zero-order valence-electron chi connectivity index (χ0n) is 10.9. The van der Waals surface area contributed by atoms with Crippen molar-refractivity contribution in [3.8, 4) is 0 Å². The molecule has 0 aliphatic carbocycles. The van der Waals surface area contributed by atoms with E-state index in [1.165, 1.54) is 5.56 Å². The molecule has 92 valence electrons. The summed E-state index contributed by atoms with van der Waals surface area (Å²) in [6.07, 6.45) is 1.52. The second-order valence-electron chi connectivity index (χ2n) is 4.35.